The van der Waals surface area contributed by atoms with Crippen molar-refractivity contribution in [2.24, 2.45) is 5.92 Å². The van der Waals surface area contributed by atoms with Crippen molar-refractivity contribution in [3.63, 3.8) is 0 Å². The fourth-order valence-electron chi connectivity index (χ4n) is 3.35. The minimum atomic E-state index is -0.769. The van der Waals surface area contributed by atoms with E-state index in [-0.39, 0.29) is 18.0 Å². The van der Waals surface area contributed by atoms with Crippen LogP contribution < -0.4 is 0 Å². The first-order valence-corrected chi connectivity index (χ1v) is 8.59. The summed E-state index contributed by atoms with van der Waals surface area (Å²) in [6.07, 6.45) is -2.09. The van der Waals surface area contributed by atoms with E-state index >= 15 is 0 Å². The summed E-state index contributed by atoms with van der Waals surface area (Å²) in [5.41, 5.74) is 0. The van der Waals surface area contributed by atoms with Gasteiger partial charge in [-0.1, -0.05) is 13.8 Å². The molecule has 7 nitrogen and oxygen atoms in total. The largest absolute Gasteiger partial charge is 0.456 e. The van der Waals surface area contributed by atoms with Crippen LogP contribution in [0.25, 0.3) is 0 Å². The van der Waals surface area contributed by atoms with Crippen LogP contribution in [-0.4, -0.2) is 54.9 Å². The van der Waals surface area contributed by atoms with Crippen molar-refractivity contribution in [3.05, 3.63) is 0 Å². The second kappa shape index (κ2) is 6.21. The van der Waals surface area contributed by atoms with Gasteiger partial charge in [0.05, 0.1) is 6.61 Å². The molecule has 24 heavy (non-hydrogen) atoms. The molecule has 0 radical (unpaired) electrons. The Labute approximate surface area is 142 Å². The fraction of sp³-hybridized carbons (Fsp3) is 0.941. The molecule has 3 aliphatic heterocycles. The second-order valence-electron chi connectivity index (χ2n) is 7.99. The number of fused-ring (bicyclic) bond motifs is 1. The average Bonchev–Trinajstić information content (AvgIpc) is 3.00. The summed E-state index contributed by atoms with van der Waals surface area (Å²) in [6, 6.07) is 0. The number of hydrogen-bond acceptors (Lipinski definition) is 7. The van der Waals surface area contributed by atoms with Crippen LogP contribution in [0.1, 0.15) is 48.0 Å². The maximum absolute atomic E-state index is 12.2. The molecule has 138 valence electrons. The molecule has 3 rings (SSSR count). The van der Waals surface area contributed by atoms with E-state index in [0.29, 0.717) is 13.0 Å². The highest BCUT2D eigenvalue weighted by atomic mass is 16.8. The maximum Gasteiger partial charge on any atom is 0.306 e. The molecule has 0 aromatic carbocycles. The first-order valence-electron chi connectivity index (χ1n) is 8.59. The number of carbonyl (C=O) groups is 1. The Balaban J connectivity index is 1.74. The predicted octanol–water partition coefficient (Wildman–Crippen LogP) is 1.97. The Morgan fingerprint density at radius 2 is 1.79 bits per heavy atom. The Morgan fingerprint density at radius 3 is 2.38 bits per heavy atom. The molecule has 3 saturated heterocycles. The van der Waals surface area contributed by atoms with E-state index in [1.54, 1.807) is 0 Å². The first-order chi connectivity index (χ1) is 11.1. The van der Waals surface area contributed by atoms with Gasteiger partial charge >= 0.3 is 5.97 Å². The monoisotopic (exact) mass is 344 g/mol. The van der Waals surface area contributed by atoms with Gasteiger partial charge in [0.25, 0.3) is 0 Å². The summed E-state index contributed by atoms with van der Waals surface area (Å²) in [4.78, 5) is 12.2. The average molecular weight is 344 g/mol. The van der Waals surface area contributed by atoms with Crippen LogP contribution in [0.4, 0.5) is 0 Å². The van der Waals surface area contributed by atoms with Gasteiger partial charge in [0.2, 0.25) is 0 Å². The van der Waals surface area contributed by atoms with Gasteiger partial charge in [-0.2, -0.15) is 0 Å². The Hall–Kier alpha value is -0.730. The number of carbonyl (C=O) groups excluding carboxylic acids is 1. The van der Waals surface area contributed by atoms with Gasteiger partial charge in [-0.3, -0.25) is 4.79 Å². The van der Waals surface area contributed by atoms with Gasteiger partial charge in [-0.25, -0.2) is 0 Å². The predicted molar refractivity (Wildman–Crippen MR) is 82.9 cm³/mol. The van der Waals surface area contributed by atoms with E-state index in [1.165, 1.54) is 0 Å². The summed E-state index contributed by atoms with van der Waals surface area (Å²) in [6.45, 7) is 11.6. The molecule has 0 unspecified atom stereocenters. The van der Waals surface area contributed by atoms with Crippen LogP contribution in [0.5, 0.6) is 0 Å². The summed E-state index contributed by atoms with van der Waals surface area (Å²) in [5, 5.41) is 0. The molecule has 0 spiro atoms. The van der Waals surface area contributed by atoms with Gasteiger partial charge < -0.3 is 28.4 Å². The Bertz CT molecular complexity index is 487. The lowest BCUT2D eigenvalue weighted by Crippen LogP contribution is -2.45. The summed E-state index contributed by atoms with van der Waals surface area (Å²) in [5.74, 6) is -1.50. The molecule has 0 aromatic rings. The highest BCUT2D eigenvalue weighted by Gasteiger charge is 2.59. The Morgan fingerprint density at radius 1 is 1.08 bits per heavy atom. The molecule has 0 N–H and O–H groups in total. The van der Waals surface area contributed by atoms with E-state index < -0.39 is 36.2 Å². The van der Waals surface area contributed by atoms with Gasteiger partial charge in [-0.15, -0.1) is 0 Å². The van der Waals surface area contributed by atoms with Crippen LogP contribution in [0.15, 0.2) is 0 Å². The fourth-order valence-corrected chi connectivity index (χ4v) is 3.35. The maximum atomic E-state index is 12.2. The van der Waals surface area contributed by atoms with Crippen LogP contribution >= 0.6 is 0 Å². The van der Waals surface area contributed by atoms with E-state index in [0.717, 1.165) is 0 Å². The third-order valence-electron chi connectivity index (χ3n) is 4.27. The van der Waals surface area contributed by atoms with Crippen molar-refractivity contribution in [3.8, 4) is 0 Å². The van der Waals surface area contributed by atoms with Crippen molar-refractivity contribution in [2.75, 3.05) is 6.61 Å². The zero-order chi connectivity index (χ0) is 17.7. The topological polar surface area (TPSA) is 72.5 Å². The lowest BCUT2D eigenvalue weighted by atomic mass is 10.1. The van der Waals surface area contributed by atoms with Crippen molar-refractivity contribution in [1.29, 1.82) is 0 Å². The highest BCUT2D eigenvalue weighted by molar-refractivity contribution is 5.70. The second-order valence-corrected chi connectivity index (χ2v) is 7.99. The summed E-state index contributed by atoms with van der Waals surface area (Å²) in [7, 11) is 0. The molecule has 0 aromatic heterocycles. The molecule has 0 aliphatic carbocycles. The molecular weight excluding hydrogens is 316 g/mol. The first kappa shape index (κ1) is 18.1. The van der Waals surface area contributed by atoms with Gasteiger partial charge in [0.15, 0.2) is 30.1 Å². The smallest absolute Gasteiger partial charge is 0.306 e. The summed E-state index contributed by atoms with van der Waals surface area (Å²) >= 11 is 0. The van der Waals surface area contributed by atoms with Crippen molar-refractivity contribution < 1.29 is 33.2 Å². The number of ether oxygens (including phenoxy) is 6. The van der Waals surface area contributed by atoms with E-state index in [4.69, 9.17) is 28.4 Å². The zero-order valence-corrected chi connectivity index (χ0v) is 15.2. The van der Waals surface area contributed by atoms with E-state index in [9.17, 15) is 4.79 Å². The molecule has 3 heterocycles. The number of esters is 1. The van der Waals surface area contributed by atoms with Gasteiger partial charge in [0, 0.05) is 6.42 Å². The van der Waals surface area contributed by atoms with Crippen molar-refractivity contribution >= 4 is 5.97 Å². The minimum Gasteiger partial charge on any atom is -0.456 e. The van der Waals surface area contributed by atoms with Crippen LogP contribution in [0.3, 0.4) is 0 Å². The van der Waals surface area contributed by atoms with Gasteiger partial charge in [0.1, 0.15) is 12.2 Å². The molecule has 7 heteroatoms. The molecule has 3 fully saturated rings. The standard InChI is InChI=1S/C17H28O7/c1-9(2)7-11(18)20-13-12(10-8-19-16(3,4)22-10)21-15-14(13)23-17(5,6)24-15/h9-10,12-15H,7-8H2,1-6H3/t10-,12-,13+,14-,15-/m1/s1. The number of hydrogen-bond donors (Lipinski definition) is 0. The van der Waals surface area contributed by atoms with E-state index in [1.807, 2.05) is 41.5 Å². The van der Waals surface area contributed by atoms with Crippen molar-refractivity contribution in [2.45, 2.75) is 90.2 Å². The quantitative estimate of drug-likeness (QED) is 0.722. The normalized spacial score (nSPS) is 40.0. The molecule has 0 saturated carbocycles. The minimum absolute atomic E-state index is 0.219. The molecule has 3 aliphatic rings. The molecule has 5 atom stereocenters. The van der Waals surface area contributed by atoms with Gasteiger partial charge in [-0.05, 0) is 33.6 Å². The molecular formula is C17H28O7. The van der Waals surface area contributed by atoms with Crippen LogP contribution in [-0.2, 0) is 33.2 Å². The third kappa shape index (κ3) is 3.75. The Kier molecular flexibility index (Phi) is 4.68. The third-order valence-corrected chi connectivity index (χ3v) is 4.27. The SMILES string of the molecule is CC(C)CC(=O)O[C@@H]1[C@H]2OC(C)(C)O[C@H]2O[C@@H]1[C@H]1COC(C)(C)O1. The van der Waals surface area contributed by atoms with Crippen molar-refractivity contribution in [1.82, 2.24) is 0 Å². The lowest BCUT2D eigenvalue weighted by molar-refractivity contribution is -0.235. The van der Waals surface area contributed by atoms with Crippen LogP contribution in [0, 0.1) is 5.92 Å². The van der Waals surface area contributed by atoms with Crippen LogP contribution in [0.2, 0.25) is 0 Å². The molecule has 0 amide bonds. The molecule has 0 bridgehead atoms. The summed E-state index contributed by atoms with van der Waals surface area (Å²) < 4.78 is 34.9. The number of rotatable bonds is 4. The zero-order valence-electron chi connectivity index (χ0n) is 15.2. The van der Waals surface area contributed by atoms with E-state index in [2.05, 4.69) is 0 Å². The highest BCUT2D eigenvalue weighted by Crippen LogP contribution is 2.42. The lowest BCUT2D eigenvalue weighted by Gasteiger charge is -2.29.